The number of rotatable bonds is 4. The Kier molecular flexibility index (Phi) is 3.57. The second-order valence-corrected chi connectivity index (χ2v) is 6.10. The van der Waals surface area contributed by atoms with Crippen LogP contribution >= 0.6 is 0 Å². The van der Waals surface area contributed by atoms with Crippen LogP contribution in [0.5, 0.6) is 23.0 Å². The van der Waals surface area contributed by atoms with Gasteiger partial charge in [-0.3, -0.25) is 4.79 Å². The van der Waals surface area contributed by atoms with E-state index in [-0.39, 0.29) is 19.4 Å². The molecule has 1 aromatic heterocycles. The van der Waals surface area contributed by atoms with E-state index >= 15 is 0 Å². The van der Waals surface area contributed by atoms with E-state index in [9.17, 15) is 4.79 Å². The van der Waals surface area contributed by atoms with Crippen molar-refractivity contribution >= 4 is 11.9 Å². The largest absolute Gasteiger partial charge is 0.454 e. The number of aromatic amines is 2. The Morgan fingerprint density at radius 2 is 1.59 bits per heavy atom. The minimum absolute atomic E-state index is 0.118. The summed E-state index contributed by atoms with van der Waals surface area (Å²) >= 11 is 0. The van der Waals surface area contributed by atoms with E-state index in [0.717, 1.165) is 28.5 Å². The first-order valence-electron chi connectivity index (χ1n) is 8.39. The molecule has 0 fully saturated rings. The Balaban J connectivity index is 1.33. The van der Waals surface area contributed by atoms with E-state index < -0.39 is 0 Å². The lowest BCUT2D eigenvalue weighted by molar-refractivity contribution is -0.437. The summed E-state index contributed by atoms with van der Waals surface area (Å²) < 4.78 is 21.3. The summed E-state index contributed by atoms with van der Waals surface area (Å²) in [6, 6.07) is 12.8. The van der Waals surface area contributed by atoms with Gasteiger partial charge in [-0.1, -0.05) is 0 Å². The van der Waals surface area contributed by atoms with E-state index in [4.69, 9.17) is 18.9 Å². The molecule has 27 heavy (non-hydrogen) atoms. The monoisotopic (exact) mass is 363 g/mol. The van der Waals surface area contributed by atoms with Crippen molar-refractivity contribution in [2.24, 2.45) is 0 Å². The first-order valence-corrected chi connectivity index (χ1v) is 8.39. The lowest BCUT2D eigenvalue weighted by Gasteiger charge is -1.98. The lowest BCUT2D eigenvalue weighted by atomic mass is 10.1. The summed E-state index contributed by atoms with van der Waals surface area (Å²) in [4.78, 5) is 12.4. The fraction of sp³-hybridized carbons (Fsp3) is 0.100. The second-order valence-electron chi connectivity index (χ2n) is 6.10. The van der Waals surface area contributed by atoms with Crippen LogP contribution < -0.4 is 24.0 Å². The molecule has 0 unspecified atom stereocenters. The maximum Gasteiger partial charge on any atom is 0.236 e. The molecule has 0 saturated carbocycles. The zero-order valence-electron chi connectivity index (χ0n) is 14.2. The van der Waals surface area contributed by atoms with Gasteiger partial charge in [0.15, 0.2) is 28.8 Å². The van der Waals surface area contributed by atoms with Gasteiger partial charge in [-0.15, -0.1) is 5.10 Å². The third-order valence-electron chi connectivity index (χ3n) is 4.40. The summed E-state index contributed by atoms with van der Waals surface area (Å²) in [5.41, 5.74) is 3.15. The normalized spacial score (nSPS) is 14.1. The van der Waals surface area contributed by atoms with Gasteiger partial charge in [0, 0.05) is 11.6 Å². The molecule has 0 atom stereocenters. The molecule has 3 heterocycles. The van der Waals surface area contributed by atoms with Crippen LogP contribution in [0.3, 0.4) is 0 Å². The predicted molar refractivity (Wildman–Crippen MR) is 94.8 cm³/mol. The van der Waals surface area contributed by atoms with Crippen LogP contribution in [0.25, 0.3) is 17.3 Å². The molecule has 0 saturated heterocycles. The van der Waals surface area contributed by atoms with Crippen molar-refractivity contribution in [1.82, 2.24) is 5.10 Å². The Morgan fingerprint density at radius 3 is 2.41 bits per heavy atom. The highest BCUT2D eigenvalue weighted by atomic mass is 16.7. The van der Waals surface area contributed by atoms with Crippen LogP contribution in [0.2, 0.25) is 0 Å². The number of ether oxygens (including phenoxy) is 4. The summed E-state index contributed by atoms with van der Waals surface area (Å²) in [5, 5.41) is 6.13. The Morgan fingerprint density at radius 1 is 0.889 bits per heavy atom. The fourth-order valence-corrected chi connectivity index (χ4v) is 2.99. The van der Waals surface area contributed by atoms with Crippen LogP contribution in [-0.2, 0) is 0 Å². The predicted octanol–water partition coefficient (Wildman–Crippen LogP) is 2.85. The molecule has 2 aliphatic heterocycles. The van der Waals surface area contributed by atoms with Crippen LogP contribution in [0.15, 0.2) is 48.5 Å². The van der Waals surface area contributed by atoms with Gasteiger partial charge in [0.1, 0.15) is 5.69 Å². The van der Waals surface area contributed by atoms with Crippen LogP contribution in [0.1, 0.15) is 16.1 Å². The van der Waals surface area contributed by atoms with Crippen LogP contribution in [-0.4, -0.2) is 24.5 Å². The smallest absolute Gasteiger partial charge is 0.236 e. The zero-order chi connectivity index (χ0) is 18.2. The molecule has 2 N–H and O–H groups in total. The number of benzene rings is 2. The number of carbonyl (C=O) groups excluding carboxylic acids is 1. The molecule has 0 aliphatic carbocycles. The van der Waals surface area contributed by atoms with Gasteiger partial charge in [-0.05, 0) is 48.6 Å². The van der Waals surface area contributed by atoms with Gasteiger partial charge in [0.25, 0.3) is 0 Å². The van der Waals surface area contributed by atoms with Gasteiger partial charge >= 0.3 is 0 Å². The number of hydrogen-bond acceptors (Lipinski definition) is 5. The molecule has 0 amide bonds. The van der Waals surface area contributed by atoms with Gasteiger partial charge in [-0.25, -0.2) is 0 Å². The number of nitrogens with one attached hydrogen (secondary N) is 2. The van der Waals surface area contributed by atoms with Crippen LogP contribution in [0, 0.1) is 0 Å². The molecular weight excluding hydrogens is 348 g/mol. The summed E-state index contributed by atoms with van der Waals surface area (Å²) in [7, 11) is 0. The van der Waals surface area contributed by atoms with E-state index in [1.165, 1.54) is 6.08 Å². The van der Waals surface area contributed by atoms with E-state index in [1.807, 2.05) is 24.3 Å². The van der Waals surface area contributed by atoms with Crippen molar-refractivity contribution in [2.75, 3.05) is 13.6 Å². The number of fused-ring (bicyclic) bond motifs is 2. The SMILES string of the molecule is O=C(/C=C/c1cc(-c2ccc3c(c2)OCO3)[nH+][nH]1)c1ccc2c(c1)OCO2. The van der Waals surface area contributed by atoms with E-state index in [1.54, 1.807) is 24.3 Å². The minimum atomic E-state index is -0.118. The van der Waals surface area contributed by atoms with Gasteiger partial charge in [-0.2, -0.15) is 5.10 Å². The number of aromatic nitrogens is 2. The molecule has 5 rings (SSSR count). The molecule has 7 heteroatoms. The lowest BCUT2D eigenvalue weighted by Crippen LogP contribution is -2.04. The summed E-state index contributed by atoms with van der Waals surface area (Å²) in [6.07, 6.45) is 3.24. The minimum Gasteiger partial charge on any atom is -0.454 e. The van der Waals surface area contributed by atoms with Crippen molar-refractivity contribution in [1.29, 1.82) is 0 Å². The quantitative estimate of drug-likeness (QED) is 0.569. The first-order chi connectivity index (χ1) is 13.3. The summed E-state index contributed by atoms with van der Waals surface area (Å²) in [6.45, 7) is 0.426. The van der Waals surface area contributed by atoms with E-state index in [0.29, 0.717) is 17.1 Å². The van der Waals surface area contributed by atoms with Gasteiger partial charge in [0.05, 0.1) is 5.56 Å². The van der Waals surface area contributed by atoms with E-state index in [2.05, 4.69) is 10.2 Å². The number of allylic oxidation sites excluding steroid dienone is 1. The average molecular weight is 363 g/mol. The molecule has 0 radical (unpaired) electrons. The third-order valence-corrected chi connectivity index (χ3v) is 4.40. The molecular formula is C20H15N2O5+. The molecule has 0 spiro atoms. The maximum absolute atomic E-state index is 12.4. The summed E-state index contributed by atoms with van der Waals surface area (Å²) in [5.74, 6) is 2.59. The standard InChI is InChI=1S/C20H14N2O5/c23-16(13-2-6-18-20(8-13)27-11-25-18)4-3-14-9-15(22-21-14)12-1-5-17-19(7-12)26-10-24-17/h1-9H,10-11H2,(H,21,22)/p+1/b4-3+. The highest BCUT2D eigenvalue weighted by Crippen LogP contribution is 2.35. The molecule has 2 aromatic carbocycles. The highest BCUT2D eigenvalue weighted by Gasteiger charge is 2.18. The number of carbonyl (C=O) groups is 1. The topological polar surface area (TPSA) is 83.9 Å². The maximum atomic E-state index is 12.4. The Labute approximate surface area is 154 Å². The number of H-pyrrole nitrogens is 2. The first kappa shape index (κ1) is 15.5. The van der Waals surface area contributed by atoms with Crippen molar-refractivity contribution in [2.45, 2.75) is 0 Å². The van der Waals surface area contributed by atoms with Crippen molar-refractivity contribution in [3.05, 3.63) is 59.8 Å². The van der Waals surface area contributed by atoms with Crippen molar-refractivity contribution in [3.8, 4) is 34.3 Å². The van der Waals surface area contributed by atoms with Gasteiger partial charge in [0.2, 0.25) is 19.3 Å². The third kappa shape index (κ3) is 2.89. The number of ketones is 1. The Hall–Kier alpha value is -3.74. The molecule has 0 bridgehead atoms. The highest BCUT2D eigenvalue weighted by molar-refractivity contribution is 6.07. The molecule has 7 nitrogen and oxygen atoms in total. The van der Waals surface area contributed by atoms with Crippen molar-refractivity contribution in [3.63, 3.8) is 0 Å². The van der Waals surface area contributed by atoms with Crippen molar-refractivity contribution < 1.29 is 28.8 Å². The molecule has 134 valence electrons. The average Bonchev–Trinajstić information content (AvgIpc) is 3.44. The number of hydrogen-bond donors (Lipinski definition) is 1. The Bertz CT molecular complexity index is 1070. The zero-order valence-corrected chi connectivity index (χ0v) is 14.2. The van der Waals surface area contributed by atoms with Gasteiger partial charge < -0.3 is 18.9 Å². The van der Waals surface area contributed by atoms with Crippen LogP contribution in [0.4, 0.5) is 0 Å². The fourth-order valence-electron chi connectivity index (χ4n) is 2.99. The molecule has 2 aliphatic rings. The second kappa shape index (κ2) is 6.21. The molecule has 3 aromatic rings.